The minimum atomic E-state index is 0.451. The Bertz CT molecular complexity index is 358. The lowest BCUT2D eigenvalue weighted by molar-refractivity contribution is 0.125. The molecule has 1 aromatic heterocycles. The maximum atomic E-state index is 5.90. The fourth-order valence-corrected chi connectivity index (χ4v) is 2.80. The van der Waals surface area contributed by atoms with E-state index in [1.165, 1.54) is 24.1 Å². The fraction of sp³-hybridized carbons (Fsp3) is 0.750. The number of hydrogen-bond acceptors (Lipinski definition) is 3. The number of aromatic nitrogens is 2. The van der Waals surface area contributed by atoms with E-state index in [4.69, 9.17) is 5.73 Å². The summed E-state index contributed by atoms with van der Waals surface area (Å²) in [6, 6.07) is 0.451. The Morgan fingerprint density at radius 1 is 1.50 bits per heavy atom. The first-order valence-electron chi connectivity index (χ1n) is 6.04. The highest BCUT2D eigenvalue weighted by Gasteiger charge is 2.31. The molecule has 0 bridgehead atoms. The third-order valence-electron chi connectivity index (χ3n) is 3.90. The van der Waals surface area contributed by atoms with Gasteiger partial charge in [0.15, 0.2) is 0 Å². The highest BCUT2D eigenvalue weighted by molar-refractivity contribution is 5.22. The Labute approximate surface area is 97.4 Å². The first-order valence-corrected chi connectivity index (χ1v) is 6.04. The Morgan fingerprint density at radius 2 is 2.25 bits per heavy atom. The minimum absolute atomic E-state index is 0.451. The zero-order chi connectivity index (χ0) is 11.7. The summed E-state index contributed by atoms with van der Waals surface area (Å²) >= 11 is 0. The normalized spacial score (nSPS) is 27.2. The van der Waals surface area contributed by atoms with E-state index in [2.05, 4.69) is 24.0 Å². The van der Waals surface area contributed by atoms with E-state index in [1.54, 1.807) is 0 Å². The highest BCUT2D eigenvalue weighted by Crippen LogP contribution is 2.35. The standard InChI is InChI=1S/C12H22N4/c1-9-11(8-14-16(9)3)12-10(7-13)5-4-6-15(12)2/h8,10,12H,4-7,13H2,1-3H3. The van der Waals surface area contributed by atoms with Crippen LogP contribution in [0.5, 0.6) is 0 Å². The summed E-state index contributed by atoms with van der Waals surface area (Å²) in [6.07, 6.45) is 4.50. The lowest BCUT2D eigenvalue weighted by Gasteiger charge is -2.38. The maximum absolute atomic E-state index is 5.90. The van der Waals surface area contributed by atoms with Crippen molar-refractivity contribution in [2.45, 2.75) is 25.8 Å². The molecule has 1 aliphatic heterocycles. The van der Waals surface area contributed by atoms with Crippen molar-refractivity contribution in [3.63, 3.8) is 0 Å². The first-order chi connectivity index (χ1) is 7.65. The second-order valence-electron chi connectivity index (χ2n) is 4.87. The molecule has 1 aliphatic rings. The first kappa shape index (κ1) is 11.6. The van der Waals surface area contributed by atoms with E-state index in [9.17, 15) is 0 Å². The van der Waals surface area contributed by atoms with Gasteiger partial charge in [-0.2, -0.15) is 5.10 Å². The number of piperidine rings is 1. The molecule has 90 valence electrons. The molecule has 0 radical (unpaired) electrons. The molecule has 0 aromatic carbocycles. The molecule has 2 atom stereocenters. The summed E-state index contributed by atoms with van der Waals surface area (Å²) in [6.45, 7) is 4.07. The van der Waals surface area contributed by atoms with Crippen LogP contribution in [0.15, 0.2) is 6.20 Å². The summed E-state index contributed by atoms with van der Waals surface area (Å²) < 4.78 is 1.95. The van der Waals surface area contributed by atoms with Gasteiger partial charge in [-0.05, 0) is 45.8 Å². The Hall–Kier alpha value is -0.870. The van der Waals surface area contributed by atoms with Crippen molar-refractivity contribution >= 4 is 0 Å². The van der Waals surface area contributed by atoms with Gasteiger partial charge in [-0.3, -0.25) is 9.58 Å². The summed E-state index contributed by atoms with van der Waals surface area (Å²) in [7, 11) is 4.19. The summed E-state index contributed by atoms with van der Waals surface area (Å²) in [5, 5.41) is 4.34. The average Bonchev–Trinajstić information content (AvgIpc) is 2.60. The zero-order valence-electron chi connectivity index (χ0n) is 10.5. The van der Waals surface area contributed by atoms with Gasteiger partial charge in [0, 0.05) is 24.3 Å². The van der Waals surface area contributed by atoms with Gasteiger partial charge in [0.2, 0.25) is 0 Å². The predicted molar refractivity (Wildman–Crippen MR) is 65.1 cm³/mol. The predicted octanol–water partition coefficient (Wildman–Crippen LogP) is 1.07. The van der Waals surface area contributed by atoms with Crippen molar-refractivity contribution in [2.75, 3.05) is 20.1 Å². The second kappa shape index (κ2) is 4.55. The van der Waals surface area contributed by atoms with E-state index < -0.39 is 0 Å². The lowest BCUT2D eigenvalue weighted by Crippen LogP contribution is -2.39. The topological polar surface area (TPSA) is 47.1 Å². The third kappa shape index (κ3) is 1.87. The molecule has 4 heteroatoms. The van der Waals surface area contributed by atoms with Gasteiger partial charge in [0.1, 0.15) is 0 Å². The Kier molecular flexibility index (Phi) is 3.30. The van der Waals surface area contributed by atoms with Crippen molar-refractivity contribution in [3.05, 3.63) is 17.5 Å². The van der Waals surface area contributed by atoms with Crippen molar-refractivity contribution in [1.29, 1.82) is 0 Å². The molecule has 2 heterocycles. The molecule has 1 fully saturated rings. The quantitative estimate of drug-likeness (QED) is 0.814. The number of rotatable bonds is 2. The van der Waals surface area contributed by atoms with Crippen LogP contribution < -0.4 is 5.73 Å². The number of nitrogens with zero attached hydrogens (tertiary/aromatic N) is 3. The molecular weight excluding hydrogens is 200 g/mol. The summed E-state index contributed by atoms with van der Waals surface area (Å²) in [5.74, 6) is 0.571. The molecule has 1 saturated heterocycles. The van der Waals surface area contributed by atoms with Crippen LogP contribution in [0.3, 0.4) is 0 Å². The van der Waals surface area contributed by atoms with Gasteiger partial charge in [0.25, 0.3) is 0 Å². The number of aryl methyl sites for hydroxylation is 1. The van der Waals surface area contributed by atoms with E-state index >= 15 is 0 Å². The van der Waals surface area contributed by atoms with Gasteiger partial charge in [0.05, 0.1) is 6.20 Å². The van der Waals surface area contributed by atoms with E-state index in [0.29, 0.717) is 12.0 Å². The van der Waals surface area contributed by atoms with Crippen molar-refractivity contribution in [1.82, 2.24) is 14.7 Å². The summed E-state index contributed by atoms with van der Waals surface area (Å²) in [5.41, 5.74) is 8.50. The second-order valence-corrected chi connectivity index (χ2v) is 4.87. The molecule has 1 aromatic rings. The van der Waals surface area contributed by atoms with Gasteiger partial charge in [-0.15, -0.1) is 0 Å². The van der Waals surface area contributed by atoms with Crippen molar-refractivity contribution in [2.24, 2.45) is 18.7 Å². The Balaban J connectivity index is 2.31. The maximum Gasteiger partial charge on any atom is 0.0540 e. The molecule has 4 nitrogen and oxygen atoms in total. The molecule has 2 N–H and O–H groups in total. The van der Waals surface area contributed by atoms with Gasteiger partial charge < -0.3 is 5.73 Å². The SMILES string of the molecule is Cc1c(C2C(CN)CCCN2C)cnn1C. The van der Waals surface area contributed by atoms with E-state index in [1.807, 2.05) is 17.9 Å². The Morgan fingerprint density at radius 3 is 2.81 bits per heavy atom. The van der Waals surface area contributed by atoms with Crippen LogP contribution in [0.4, 0.5) is 0 Å². The molecule has 0 spiro atoms. The molecule has 0 aliphatic carbocycles. The molecule has 2 unspecified atom stereocenters. The van der Waals surface area contributed by atoms with Gasteiger partial charge in [-0.25, -0.2) is 0 Å². The highest BCUT2D eigenvalue weighted by atomic mass is 15.3. The van der Waals surface area contributed by atoms with Crippen molar-refractivity contribution < 1.29 is 0 Å². The smallest absolute Gasteiger partial charge is 0.0540 e. The fourth-order valence-electron chi connectivity index (χ4n) is 2.80. The van der Waals surface area contributed by atoms with E-state index in [0.717, 1.165) is 13.1 Å². The lowest BCUT2D eigenvalue weighted by atomic mass is 9.85. The van der Waals surface area contributed by atoms with Gasteiger partial charge >= 0.3 is 0 Å². The molecule has 16 heavy (non-hydrogen) atoms. The van der Waals surface area contributed by atoms with Crippen LogP contribution in [0.1, 0.15) is 30.1 Å². The van der Waals surface area contributed by atoms with E-state index in [-0.39, 0.29) is 0 Å². The molecule has 2 rings (SSSR count). The van der Waals surface area contributed by atoms with Crippen molar-refractivity contribution in [3.8, 4) is 0 Å². The molecule has 0 amide bonds. The number of likely N-dealkylation sites (tertiary alicyclic amines) is 1. The van der Waals surface area contributed by atoms with Gasteiger partial charge in [-0.1, -0.05) is 0 Å². The largest absolute Gasteiger partial charge is 0.330 e. The van der Waals surface area contributed by atoms with Crippen LogP contribution in [0.25, 0.3) is 0 Å². The summed E-state index contributed by atoms with van der Waals surface area (Å²) in [4.78, 5) is 2.42. The molecular formula is C12H22N4. The van der Waals surface area contributed by atoms with Crippen LogP contribution >= 0.6 is 0 Å². The van der Waals surface area contributed by atoms with Crippen LogP contribution in [-0.4, -0.2) is 34.8 Å². The molecule has 0 saturated carbocycles. The number of hydrogen-bond donors (Lipinski definition) is 1. The third-order valence-corrected chi connectivity index (χ3v) is 3.90. The van der Waals surface area contributed by atoms with Crippen LogP contribution in [0, 0.1) is 12.8 Å². The average molecular weight is 222 g/mol. The number of nitrogens with two attached hydrogens (primary N) is 1. The minimum Gasteiger partial charge on any atom is -0.330 e. The zero-order valence-corrected chi connectivity index (χ0v) is 10.5. The van der Waals surface area contributed by atoms with Crippen LogP contribution in [-0.2, 0) is 7.05 Å². The monoisotopic (exact) mass is 222 g/mol. The van der Waals surface area contributed by atoms with Crippen LogP contribution in [0.2, 0.25) is 0 Å².